The molecule has 0 radical (unpaired) electrons. The van der Waals surface area contributed by atoms with Crippen molar-refractivity contribution < 1.29 is 9.90 Å². The van der Waals surface area contributed by atoms with Gasteiger partial charge in [-0.05, 0) is 63.2 Å². The van der Waals surface area contributed by atoms with E-state index >= 15 is 0 Å². The minimum Gasteiger partial charge on any atom is -0.508 e. The molecule has 0 aliphatic carbocycles. The first kappa shape index (κ1) is 21.3. The van der Waals surface area contributed by atoms with Crippen molar-refractivity contribution in [3.05, 3.63) is 65.2 Å². The van der Waals surface area contributed by atoms with E-state index in [1.165, 1.54) is 0 Å². The second-order valence-electron chi connectivity index (χ2n) is 8.27. The zero-order chi connectivity index (χ0) is 21.1. The monoisotopic (exact) mass is 395 g/mol. The number of piperazine rings is 1. The molecule has 156 valence electrons. The van der Waals surface area contributed by atoms with E-state index in [9.17, 15) is 9.90 Å². The third kappa shape index (κ3) is 4.62. The molecule has 3 rings (SSSR count). The molecular formula is C24H33N3O2. The summed E-state index contributed by atoms with van der Waals surface area (Å²) in [6.07, 6.45) is 0. The Labute approximate surface area is 174 Å². The number of benzene rings is 2. The summed E-state index contributed by atoms with van der Waals surface area (Å²) in [7, 11) is 3.99. The first-order valence-electron chi connectivity index (χ1n) is 10.4. The van der Waals surface area contributed by atoms with E-state index in [1.54, 1.807) is 11.0 Å². The van der Waals surface area contributed by atoms with Gasteiger partial charge in [0, 0.05) is 44.3 Å². The summed E-state index contributed by atoms with van der Waals surface area (Å²) in [6.45, 7) is 9.10. The van der Waals surface area contributed by atoms with Crippen molar-refractivity contribution in [3.63, 3.8) is 0 Å². The maximum absolute atomic E-state index is 12.5. The van der Waals surface area contributed by atoms with Crippen LogP contribution in [0, 0.1) is 0 Å². The Morgan fingerprint density at radius 2 is 1.79 bits per heavy atom. The van der Waals surface area contributed by atoms with Gasteiger partial charge in [-0.3, -0.25) is 9.69 Å². The first-order valence-corrected chi connectivity index (χ1v) is 10.4. The third-order valence-corrected chi connectivity index (χ3v) is 6.16. The Balaban J connectivity index is 1.99. The van der Waals surface area contributed by atoms with Gasteiger partial charge < -0.3 is 14.9 Å². The lowest BCUT2D eigenvalue weighted by molar-refractivity contribution is 0.0389. The molecule has 3 atom stereocenters. The molecule has 0 unspecified atom stereocenters. The van der Waals surface area contributed by atoms with Crippen molar-refractivity contribution >= 4 is 5.91 Å². The molecule has 0 bridgehead atoms. The van der Waals surface area contributed by atoms with Gasteiger partial charge in [-0.15, -0.1) is 0 Å². The van der Waals surface area contributed by atoms with Gasteiger partial charge >= 0.3 is 0 Å². The molecular weight excluding hydrogens is 362 g/mol. The minimum atomic E-state index is 0.0290. The molecule has 5 nitrogen and oxygen atoms in total. The number of phenolic OH excluding ortho intramolecular Hbond substituents is 1. The van der Waals surface area contributed by atoms with Gasteiger partial charge in [0.2, 0.25) is 0 Å². The third-order valence-electron chi connectivity index (χ3n) is 6.16. The smallest absolute Gasteiger partial charge is 0.253 e. The van der Waals surface area contributed by atoms with E-state index in [2.05, 4.69) is 48.9 Å². The Morgan fingerprint density at radius 1 is 1.10 bits per heavy atom. The van der Waals surface area contributed by atoms with E-state index in [-0.39, 0.29) is 17.7 Å². The van der Waals surface area contributed by atoms with Crippen LogP contribution >= 0.6 is 0 Å². The van der Waals surface area contributed by atoms with Crippen LogP contribution in [0.2, 0.25) is 0 Å². The molecule has 1 saturated heterocycles. The SMILES string of the molecule is CCN(C)C(=O)c1ccc([C@@H](c2cccc(O)c2)N2C[C@H](C)N(C)C[C@@H]2C)cc1. The fraction of sp³-hybridized carbons (Fsp3) is 0.458. The number of amides is 1. The summed E-state index contributed by atoms with van der Waals surface area (Å²) >= 11 is 0. The highest BCUT2D eigenvalue weighted by molar-refractivity contribution is 5.94. The molecule has 1 N–H and O–H groups in total. The normalized spacial score (nSPS) is 21.7. The minimum absolute atomic E-state index is 0.0290. The molecule has 29 heavy (non-hydrogen) atoms. The van der Waals surface area contributed by atoms with Gasteiger partial charge in [-0.1, -0.05) is 24.3 Å². The summed E-state index contributed by atoms with van der Waals surface area (Å²) in [5, 5.41) is 10.1. The number of rotatable bonds is 5. The van der Waals surface area contributed by atoms with Gasteiger partial charge in [0.25, 0.3) is 5.91 Å². The Bertz CT molecular complexity index is 836. The summed E-state index contributed by atoms with van der Waals surface area (Å²) in [4.78, 5) is 19.1. The molecule has 1 aliphatic heterocycles. The predicted molar refractivity (Wildman–Crippen MR) is 117 cm³/mol. The average Bonchev–Trinajstić information content (AvgIpc) is 2.71. The lowest BCUT2D eigenvalue weighted by Gasteiger charge is -2.46. The number of nitrogens with zero attached hydrogens (tertiary/aromatic N) is 3. The molecule has 0 spiro atoms. The lowest BCUT2D eigenvalue weighted by atomic mass is 9.93. The van der Waals surface area contributed by atoms with E-state index in [0.29, 0.717) is 24.2 Å². The zero-order valence-electron chi connectivity index (χ0n) is 18.2. The van der Waals surface area contributed by atoms with E-state index in [4.69, 9.17) is 0 Å². The molecule has 2 aromatic rings. The molecule has 0 aromatic heterocycles. The number of hydrogen-bond donors (Lipinski definition) is 1. The van der Waals surface area contributed by atoms with Crippen molar-refractivity contribution in [2.24, 2.45) is 0 Å². The van der Waals surface area contributed by atoms with Crippen molar-refractivity contribution in [3.8, 4) is 5.75 Å². The number of aromatic hydroxyl groups is 1. The van der Waals surface area contributed by atoms with Crippen molar-refractivity contribution in [2.75, 3.05) is 33.7 Å². The van der Waals surface area contributed by atoms with E-state index in [1.807, 2.05) is 38.2 Å². The fourth-order valence-corrected chi connectivity index (χ4v) is 4.13. The van der Waals surface area contributed by atoms with Crippen LogP contribution in [0.5, 0.6) is 5.75 Å². The molecule has 1 fully saturated rings. The number of carbonyl (C=O) groups excluding carboxylic acids is 1. The van der Waals surface area contributed by atoms with Gasteiger partial charge in [0.05, 0.1) is 6.04 Å². The average molecular weight is 396 g/mol. The molecule has 0 saturated carbocycles. The van der Waals surface area contributed by atoms with Crippen LogP contribution in [0.1, 0.15) is 48.3 Å². The first-order chi connectivity index (χ1) is 13.8. The molecule has 2 aromatic carbocycles. The van der Waals surface area contributed by atoms with Crippen molar-refractivity contribution in [1.29, 1.82) is 0 Å². The largest absolute Gasteiger partial charge is 0.508 e. The van der Waals surface area contributed by atoms with Crippen molar-refractivity contribution in [1.82, 2.24) is 14.7 Å². The van der Waals surface area contributed by atoms with Crippen LogP contribution in [0.25, 0.3) is 0 Å². The van der Waals surface area contributed by atoms with E-state index < -0.39 is 0 Å². The quantitative estimate of drug-likeness (QED) is 0.840. The van der Waals surface area contributed by atoms with Crippen LogP contribution < -0.4 is 0 Å². The summed E-state index contributed by atoms with van der Waals surface area (Å²) < 4.78 is 0. The van der Waals surface area contributed by atoms with Gasteiger partial charge in [0.1, 0.15) is 5.75 Å². The standard InChI is InChI=1S/C24H33N3O2/c1-6-25(4)24(29)20-12-10-19(11-13-20)23(21-8-7-9-22(28)14-21)27-16-17(2)26(5)15-18(27)3/h7-14,17-18,23,28H,6,15-16H2,1-5H3/t17-,18-,23-/m0/s1. The van der Waals surface area contributed by atoms with Gasteiger partial charge in [-0.2, -0.15) is 0 Å². The van der Waals surface area contributed by atoms with Crippen LogP contribution in [0.4, 0.5) is 0 Å². The summed E-state index contributed by atoms with van der Waals surface area (Å²) in [5.74, 6) is 0.313. The Kier molecular flexibility index (Phi) is 6.60. The topological polar surface area (TPSA) is 47.0 Å². The number of phenols is 1. The second kappa shape index (κ2) is 8.97. The molecule has 1 heterocycles. The molecule has 1 aliphatic rings. The predicted octanol–water partition coefficient (Wildman–Crippen LogP) is 3.60. The lowest BCUT2D eigenvalue weighted by Crippen LogP contribution is -2.55. The second-order valence-corrected chi connectivity index (χ2v) is 8.27. The van der Waals surface area contributed by atoms with Crippen molar-refractivity contribution in [2.45, 2.75) is 38.9 Å². The number of carbonyl (C=O) groups is 1. The van der Waals surface area contributed by atoms with Crippen LogP contribution in [-0.2, 0) is 0 Å². The Morgan fingerprint density at radius 3 is 2.41 bits per heavy atom. The summed E-state index contributed by atoms with van der Waals surface area (Å²) in [6, 6.07) is 16.3. The summed E-state index contributed by atoms with van der Waals surface area (Å²) in [5.41, 5.74) is 2.90. The molecule has 5 heteroatoms. The Hall–Kier alpha value is -2.37. The fourth-order valence-electron chi connectivity index (χ4n) is 4.13. The highest BCUT2D eigenvalue weighted by atomic mass is 16.3. The van der Waals surface area contributed by atoms with Crippen LogP contribution in [0.3, 0.4) is 0 Å². The number of likely N-dealkylation sites (N-methyl/N-ethyl adjacent to an activating group) is 1. The maximum atomic E-state index is 12.5. The molecule has 1 amide bonds. The van der Waals surface area contributed by atoms with Crippen LogP contribution in [-0.4, -0.2) is 71.5 Å². The van der Waals surface area contributed by atoms with Crippen LogP contribution in [0.15, 0.2) is 48.5 Å². The number of hydrogen-bond acceptors (Lipinski definition) is 4. The zero-order valence-corrected chi connectivity index (χ0v) is 18.2. The van der Waals surface area contributed by atoms with Gasteiger partial charge in [0.15, 0.2) is 0 Å². The highest BCUT2D eigenvalue weighted by Gasteiger charge is 2.33. The van der Waals surface area contributed by atoms with E-state index in [0.717, 1.165) is 24.2 Å². The maximum Gasteiger partial charge on any atom is 0.253 e. The highest BCUT2D eigenvalue weighted by Crippen LogP contribution is 2.34. The van der Waals surface area contributed by atoms with Gasteiger partial charge in [-0.25, -0.2) is 0 Å².